The Morgan fingerprint density at radius 1 is 1.30 bits per heavy atom. The summed E-state index contributed by atoms with van der Waals surface area (Å²) in [6, 6.07) is 4.01. The van der Waals surface area contributed by atoms with Crippen molar-refractivity contribution in [1.29, 1.82) is 0 Å². The van der Waals surface area contributed by atoms with Gasteiger partial charge >= 0.3 is 0 Å². The minimum atomic E-state index is -0.473. The van der Waals surface area contributed by atoms with Gasteiger partial charge in [0, 0.05) is 13.2 Å². The summed E-state index contributed by atoms with van der Waals surface area (Å²) in [6.45, 7) is 7.79. The zero-order valence-electron chi connectivity index (χ0n) is 13.0. The van der Waals surface area contributed by atoms with Crippen molar-refractivity contribution in [3.05, 3.63) is 23.7 Å². The fraction of sp³-hybridized carbons (Fsp3) is 0.750. The summed E-state index contributed by atoms with van der Waals surface area (Å²) in [4.78, 5) is 0. The van der Waals surface area contributed by atoms with Crippen molar-refractivity contribution in [2.24, 2.45) is 0 Å². The molecule has 1 aromatic heterocycles. The minimum Gasteiger partial charge on any atom is -0.465 e. The molecule has 0 aliphatic rings. The number of furan rings is 1. The molecule has 0 bridgehead atoms. The van der Waals surface area contributed by atoms with E-state index in [-0.39, 0.29) is 6.04 Å². The van der Waals surface area contributed by atoms with E-state index >= 15 is 0 Å². The first kappa shape index (κ1) is 17.2. The van der Waals surface area contributed by atoms with Crippen LogP contribution in [0.4, 0.5) is 0 Å². The standard InChI is InChI=1S/C16H29NO3/c1-4-5-6-7-10-19-12-15(18)11-17-14(3)16-9-8-13(2)20-16/h8-9,14-15,17-18H,4-7,10-12H2,1-3H3. The molecule has 4 heteroatoms. The van der Waals surface area contributed by atoms with Gasteiger partial charge in [-0.2, -0.15) is 0 Å². The Bertz CT molecular complexity index is 351. The number of ether oxygens (including phenoxy) is 1. The number of hydrogen-bond donors (Lipinski definition) is 2. The zero-order chi connectivity index (χ0) is 14.8. The van der Waals surface area contributed by atoms with Gasteiger partial charge in [-0.3, -0.25) is 0 Å². The van der Waals surface area contributed by atoms with Crippen LogP contribution >= 0.6 is 0 Å². The molecule has 2 atom stereocenters. The summed E-state index contributed by atoms with van der Waals surface area (Å²) in [5.74, 6) is 1.81. The first-order chi connectivity index (χ1) is 9.63. The lowest BCUT2D eigenvalue weighted by atomic mass is 10.2. The van der Waals surface area contributed by atoms with E-state index in [1.165, 1.54) is 19.3 Å². The van der Waals surface area contributed by atoms with Gasteiger partial charge in [-0.05, 0) is 32.4 Å². The van der Waals surface area contributed by atoms with Crippen LogP contribution in [-0.4, -0.2) is 31.0 Å². The van der Waals surface area contributed by atoms with E-state index < -0.39 is 6.10 Å². The van der Waals surface area contributed by atoms with Gasteiger partial charge in [-0.1, -0.05) is 26.2 Å². The molecule has 0 aromatic carbocycles. The lowest BCUT2D eigenvalue weighted by Gasteiger charge is -2.16. The molecule has 0 fully saturated rings. The van der Waals surface area contributed by atoms with Crippen molar-refractivity contribution in [3.8, 4) is 0 Å². The van der Waals surface area contributed by atoms with Crippen molar-refractivity contribution < 1.29 is 14.3 Å². The Hall–Kier alpha value is -0.840. The first-order valence-corrected chi connectivity index (χ1v) is 7.69. The lowest BCUT2D eigenvalue weighted by molar-refractivity contribution is 0.0340. The van der Waals surface area contributed by atoms with E-state index in [2.05, 4.69) is 12.2 Å². The van der Waals surface area contributed by atoms with Crippen LogP contribution < -0.4 is 5.32 Å². The van der Waals surface area contributed by atoms with Crippen molar-refractivity contribution in [3.63, 3.8) is 0 Å². The average molecular weight is 283 g/mol. The highest BCUT2D eigenvalue weighted by Crippen LogP contribution is 2.15. The third-order valence-corrected chi connectivity index (χ3v) is 3.30. The molecule has 1 rings (SSSR count). The SMILES string of the molecule is CCCCCCOCC(O)CNC(C)c1ccc(C)o1. The molecule has 2 N–H and O–H groups in total. The van der Waals surface area contributed by atoms with Crippen LogP contribution in [0.1, 0.15) is 57.1 Å². The first-order valence-electron chi connectivity index (χ1n) is 7.69. The Morgan fingerprint density at radius 2 is 2.10 bits per heavy atom. The molecule has 0 aliphatic heterocycles. The molecule has 1 aromatic rings. The number of nitrogens with one attached hydrogen (secondary N) is 1. The third-order valence-electron chi connectivity index (χ3n) is 3.30. The van der Waals surface area contributed by atoms with Crippen molar-refractivity contribution in [1.82, 2.24) is 5.32 Å². The van der Waals surface area contributed by atoms with E-state index in [4.69, 9.17) is 9.15 Å². The van der Waals surface area contributed by atoms with Crippen molar-refractivity contribution >= 4 is 0 Å². The Morgan fingerprint density at radius 3 is 2.75 bits per heavy atom. The predicted octanol–water partition coefficient (Wildman–Crippen LogP) is 3.20. The Balaban J connectivity index is 2.06. The maximum Gasteiger partial charge on any atom is 0.120 e. The normalized spacial score (nSPS) is 14.4. The number of aryl methyl sites for hydroxylation is 1. The highest BCUT2D eigenvalue weighted by molar-refractivity contribution is 5.08. The fourth-order valence-corrected chi connectivity index (χ4v) is 2.01. The average Bonchev–Trinajstić information content (AvgIpc) is 2.86. The van der Waals surface area contributed by atoms with Crippen molar-refractivity contribution in [2.45, 2.75) is 58.6 Å². The third kappa shape index (κ3) is 7.08. The summed E-state index contributed by atoms with van der Waals surface area (Å²) in [5, 5.41) is 13.1. The smallest absolute Gasteiger partial charge is 0.120 e. The molecular formula is C16H29NO3. The molecule has 0 saturated heterocycles. The van der Waals surface area contributed by atoms with Crippen LogP contribution in [0, 0.1) is 6.92 Å². The number of hydrogen-bond acceptors (Lipinski definition) is 4. The molecule has 2 unspecified atom stereocenters. The molecule has 4 nitrogen and oxygen atoms in total. The quantitative estimate of drug-likeness (QED) is 0.612. The number of unbranched alkanes of at least 4 members (excludes halogenated alkanes) is 3. The molecule has 116 valence electrons. The largest absolute Gasteiger partial charge is 0.465 e. The van der Waals surface area contributed by atoms with Gasteiger partial charge in [0.2, 0.25) is 0 Å². The van der Waals surface area contributed by atoms with Crippen LogP contribution in [0.2, 0.25) is 0 Å². The fourth-order valence-electron chi connectivity index (χ4n) is 2.01. The summed E-state index contributed by atoms with van der Waals surface area (Å²) in [7, 11) is 0. The van der Waals surface area contributed by atoms with E-state index in [1.54, 1.807) is 0 Å². The molecule has 0 aliphatic carbocycles. The highest BCUT2D eigenvalue weighted by Gasteiger charge is 2.11. The van der Waals surface area contributed by atoms with Gasteiger partial charge in [0.1, 0.15) is 11.5 Å². The summed E-state index contributed by atoms with van der Waals surface area (Å²) >= 11 is 0. The maximum absolute atomic E-state index is 9.83. The van der Waals surface area contributed by atoms with Gasteiger partial charge in [0.05, 0.1) is 18.8 Å². The van der Waals surface area contributed by atoms with Crippen LogP contribution in [0.5, 0.6) is 0 Å². The van der Waals surface area contributed by atoms with Crippen molar-refractivity contribution in [2.75, 3.05) is 19.8 Å². The molecule has 0 saturated carbocycles. The molecular weight excluding hydrogens is 254 g/mol. The second kappa shape index (κ2) is 9.97. The van der Waals surface area contributed by atoms with Gasteiger partial charge in [-0.15, -0.1) is 0 Å². The number of aliphatic hydroxyl groups is 1. The number of rotatable bonds is 11. The summed E-state index contributed by atoms with van der Waals surface area (Å²) in [6.07, 6.45) is 4.31. The lowest BCUT2D eigenvalue weighted by Crippen LogP contribution is -2.32. The molecule has 0 spiro atoms. The Kier molecular flexibility index (Phi) is 8.58. The van der Waals surface area contributed by atoms with Gasteiger partial charge in [0.15, 0.2) is 0 Å². The Labute approximate surface area is 122 Å². The van der Waals surface area contributed by atoms with E-state index in [9.17, 15) is 5.11 Å². The van der Waals surface area contributed by atoms with E-state index in [0.717, 1.165) is 24.5 Å². The van der Waals surface area contributed by atoms with E-state index in [0.29, 0.717) is 13.2 Å². The topological polar surface area (TPSA) is 54.6 Å². The maximum atomic E-state index is 9.83. The molecule has 0 radical (unpaired) electrons. The second-order valence-electron chi connectivity index (χ2n) is 5.37. The summed E-state index contributed by atoms with van der Waals surface area (Å²) in [5.41, 5.74) is 0. The molecule has 0 amide bonds. The van der Waals surface area contributed by atoms with Gasteiger partial charge in [0.25, 0.3) is 0 Å². The molecule has 1 heterocycles. The van der Waals surface area contributed by atoms with Crippen LogP contribution in [0.25, 0.3) is 0 Å². The highest BCUT2D eigenvalue weighted by atomic mass is 16.5. The monoisotopic (exact) mass is 283 g/mol. The van der Waals surface area contributed by atoms with Gasteiger partial charge in [-0.25, -0.2) is 0 Å². The minimum absolute atomic E-state index is 0.0999. The summed E-state index contributed by atoms with van der Waals surface area (Å²) < 4.78 is 11.0. The number of aliphatic hydroxyl groups excluding tert-OH is 1. The predicted molar refractivity (Wildman–Crippen MR) is 80.8 cm³/mol. The van der Waals surface area contributed by atoms with Crippen LogP contribution in [-0.2, 0) is 4.74 Å². The van der Waals surface area contributed by atoms with Crippen LogP contribution in [0.3, 0.4) is 0 Å². The van der Waals surface area contributed by atoms with Crippen LogP contribution in [0.15, 0.2) is 16.5 Å². The van der Waals surface area contributed by atoms with E-state index in [1.807, 2.05) is 26.0 Å². The van der Waals surface area contributed by atoms with Gasteiger partial charge < -0.3 is 19.6 Å². The zero-order valence-corrected chi connectivity index (χ0v) is 13.0. The molecule has 20 heavy (non-hydrogen) atoms. The second-order valence-corrected chi connectivity index (χ2v) is 5.37.